The molecule has 11 heteroatoms. The van der Waals surface area contributed by atoms with Gasteiger partial charge in [-0.1, -0.05) is 132 Å². The molecule has 3 unspecified atom stereocenters. The fraction of sp³-hybridized carbons (Fsp3) is 0.689. The normalized spacial score (nSPS) is 17.6. The van der Waals surface area contributed by atoms with Crippen LogP contribution in [0.4, 0.5) is 0 Å². The standard InChI is InChI=1S/C45H76NO9P/c1-3-5-7-9-11-12-13-14-15-16-17-18-19-20-21-22-23-27-31-35-44(47)51-39-41(40-53-56(49,50)52-38-37-46)54-45(48)36-32-28-24-26-30-34-43-42(55-43)33-29-25-10-8-6-4-2/h5,7,11-12,14-15,17-18,20-21,25,29,41-43H,3-4,6,8-10,13,16,19,22-24,26-28,30-40,46H2,1-2H3,(H,49,50)/b7-5-,12-11-,15-14-,18-17-,21-20-,29-25-/t41-,42?,43?/m1/s1. The van der Waals surface area contributed by atoms with E-state index in [-0.39, 0.29) is 32.6 Å². The number of allylic oxidation sites excluding steroid dienone is 11. The number of carbonyl (C=O) groups excluding carboxylic acids is 2. The van der Waals surface area contributed by atoms with Crippen molar-refractivity contribution in [2.75, 3.05) is 26.4 Å². The molecule has 1 aliphatic rings. The van der Waals surface area contributed by atoms with E-state index < -0.39 is 32.5 Å². The van der Waals surface area contributed by atoms with Crippen LogP contribution in [0.1, 0.15) is 155 Å². The van der Waals surface area contributed by atoms with Gasteiger partial charge < -0.3 is 24.8 Å². The van der Waals surface area contributed by atoms with Gasteiger partial charge in [-0.25, -0.2) is 4.57 Å². The largest absolute Gasteiger partial charge is 0.472 e. The highest BCUT2D eigenvalue weighted by atomic mass is 31.2. The van der Waals surface area contributed by atoms with Crippen LogP contribution in [-0.4, -0.2) is 61.5 Å². The summed E-state index contributed by atoms with van der Waals surface area (Å²) < 4.78 is 38.6. The maximum absolute atomic E-state index is 12.6. The smallest absolute Gasteiger partial charge is 0.462 e. The second kappa shape index (κ2) is 36.7. The van der Waals surface area contributed by atoms with Crippen LogP contribution >= 0.6 is 7.82 Å². The van der Waals surface area contributed by atoms with E-state index in [1.165, 1.54) is 19.3 Å². The van der Waals surface area contributed by atoms with E-state index in [0.29, 0.717) is 25.0 Å². The summed E-state index contributed by atoms with van der Waals surface area (Å²) >= 11 is 0. The molecule has 1 fully saturated rings. The monoisotopic (exact) mass is 806 g/mol. The lowest BCUT2D eigenvalue weighted by molar-refractivity contribution is -0.161. The molecule has 0 radical (unpaired) electrons. The number of carbonyl (C=O) groups is 2. The third-order valence-corrected chi connectivity index (χ3v) is 9.98. The second-order valence-corrected chi connectivity index (χ2v) is 15.7. The van der Waals surface area contributed by atoms with Crippen molar-refractivity contribution >= 4 is 19.8 Å². The molecule has 1 heterocycles. The average molecular weight is 806 g/mol. The molecule has 0 spiro atoms. The van der Waals surface area contributed by atoms with Crippen LogP contribution in [0.2, 0.25) is 0 Å². The molecule has 10 nitrogen and oxygen atoms in total. The number of esters is 2. The van der Waals surface area contributed by atoms with Gasteiger partial charge >= 0.3 is 19.8 Å². The van der Waals surface area contributed by atoms with E-state index in [4.69, 9.17) is 29.0 Å². The zero-order valence-corrected chi connectivity index (χ0v) is 35.7. The molecular formula is C45H76NO9P. The van der Waals surface area contributed by atoms with E-state index in [2.05, 4.69) is 86.8 Å². The first-order chi connectivity index (χ1) is 27.3. The Morgan fingerprint density at radius 3 is 1.86 bits per heavy atom. The molecule has 0 aromatic carbocycles. The predicted molar refractivity (Wildman–Crippen MR) is 228 cm³/mol. The highest BCUT2D eigenvalue weighted by Crippen LogP contribution is 2.43. The number of unbranched alkanes of at least 4 members (excludes halogenated alkanes) is 10. The number of rotatable bonds is 38. The van der Waals surface area contributed by atoms with Gasteiger partial charge in [0.1, 0.15) is 6.61 Å². The van der Waals surface area contributed by atoms with Crippen LogP contribution in [0, 0.1) is 0 Å². The van der Waals surface area contributed by atoms with Crippen molar-refractivity contribution in [2.45, 2.75) is 173 Å². The number of hydrogen-bond donors (Lipinski definition) is 2. The van der Waals surface area contributed by atoms with E-state index in [9.17, 15) is 19.0 Å². The van der Waals surface area contributed by atoms with E-state index in [1.54, 1.807) is 0 Å². The lowest BCUT2D eigenvalue weighted by atomic mass is 10.1. The highest BCUT2D eigenvalue weighted by molar-refractivity contribution is 7.47. The minimum Gasteiger partial charge on any atom is -0.462 e. The maximum atomic E-state index is 12.6. The third-order valence-electron chi connectivity index (χ3n) is 9.00. The Bertz CT molecular complexity index is 1210. The zero-order valence-electron chi connectivity index (χ0n) is 34.8. The molecule has 56 heavy (non-hydrogen) atoms. The number of hydrogen-bond acceptors (Lipinski definition) is 9. The Hall–Kier alpha value is -2.59. The van der Waals surface area contributed by atoms with Gasteiger partial charge in [-0.15, -0.1) is 0 Å². The van der Waals surface area contributed by atoms with Crippen LogP contribution in [-0.2, 0) is 37.4 Å². The average Bonchev–Trinajstić information content (AvgIpc) is 3.94. The number of phosphoric acid groups is 1. The van der Waals surface area contributed by atoms with Gasteiger partial charge in [-0.2, -0.15) is 0 Å². The lowest BCUT2D eigenvalue weighted by Crippen LogP contribution is -2.29. The predicted octanol–water partition coefficient (Wildman–Crippen LogP) is 11.3. The summed E-state index contributed by atoms with van der Waals surface area (Å²) in [6.07, 6.45) is 46.6. The van der Waals surface area contributed by atoms with Gasteiger partial charge in [0.15, 0.2) is 6.10 Å². The van der Waals surface area contributed by atoms with Crippen LogP contribution in [0.5, 0.6) is 0 Å². The Kier molecular flexibility index (Phi) is 33.7. The number of nitrogens with two attached hydrogens (primary N) is 1. The molecule has 3 N–H and O–H groups in total. The zero-order chi connectivity index (χ0) is 40.8. The Morgan fingerprint density at radius 1 is 0.661 bits per heavy atom. The van der Waals surface area contributed by atoms with Crippen molar-refractivity contribution in [3.8, 4) is 0 Å². The first-order valence-electron chi connectivity index (χ1n) is 21.5. The molecule has 0 amide bonds. The van der Waals surface area contributed by atoms with Gasteiger partial charge in [-0.05, 0) is 83.5 Å². The molecular weight excluding hydrogens is 729 g/mol. The summed E-state index contributed by atoms with van der Waals surface area (Å²) in [5.74, 6) is -0.897. The van der Waals surface area contributed by atoms with Gasteiger partial charge in [0.25, 0.3) is 0 Å². The Labute approximate surface area is 339 Å². The van der Waals surface area contributed by atoms with Crippen molar-refractivity contribution < 1.29 is 42.3 Å². The lowest BCUT2D eigenvalue weighted by Gasteiger charge is -2.19. The minimum absolute atomic E-state index is 0.0397. The quantitative estimate of drug-likeness (QED) is 0.0203. The minimum atomic E-state index is -4.40. The van der Waals surface area contributed by atoms with E-state index >= 15 is 0 Å². The molecule has 0 bridgehead atoms. The summed E-state index contributed by atoms with van der Waals surface area (Å²) in [5, 5.41) is 0. The molecule has 0 aliphatic carbocycles. The van der Waals surface area contributed by atoms with Crippen molar-refractivity contribution in [2.24, 2.45) is 5.73 Å². The fourth-order valence-corrected chi connectivity index (χ4v) is 6.49. The van der Waals surface area contributed by atoms with Crippen LogP contribution in [0.25, 0.3) is 0 Å². The van der Waals surface area contributed by atoms with Crippen molar-refractivity contribution in [1.82, 2.24) is 0 Å². The topological polar surface area (TPSA) is 147 Å². The summed E-state index contributed by atoms with van der Waals surface area (Å²) in [6, 6.07) is 0. The van der Waals surface area contributed by atoms with Gasteiger partial charge in [0.2, 0.25) is 0 Å². The molecule has 1 aliphatic heterocycles. The summed E-state index contributed by atoms with van der Waals surface area (Å²) in [4.78, 5) is 34.9. The first kappa shape index (κ1) is 51.4. The number of epoxide rings is 1. The van der Waals surface area contributed by atoms with E-state index in [0.717, 1.165) is 96.3 Å². The van der Waals surface area contributed by atoms with Crippen LogP contribution in [0.3, 0.4) is 0 Å². The molecule has 1 saturated heterocycles. The molecule has 4 atom stereocenters. The summed E-state index contributed by atoms with van der Waals surface area (Å²) in [7, 11) is -4.40. The Morgan fingerprint density at radius 2 is 1.21 bits per heavy atom. The van der Waals surface area contributed by atoms with Crippen molar-refractivity contribution in [1.29, 1.82) is 0 Å². The molecule has 0 aromatic heterocycles. The fourth-order valence-electron chi connectivity index (χ4n) is 5.72. The molecule has 320 valence electrons. The molecule has 0 aromatic rings. The Balaban J connectivity index is 2.22. The molecule has 0 saturated carbocycles. The SMILES string of the molecule is CC/C=C\C/C=C\C/C=C\C/C=C\C/C=C\CCCCCC(=O)OC[C@H](COP(=O)(O)OCCN)OC(=O)CCCCCCCC1OC1C/C=C\CCCCC. The molecule has 1 rings (SSSR count). The van der Waals surface area contributed by atoms with E-state index in [1.807, 2.05) is 0 Å². The van der Waals surface area contributed by atoms with Crippen LogP contribution < -0.4 is 5.73 Å². The number of ether oxygens (including phenoxy) is 3. The van der Waals surface area contributed by atoms with Gasteiger partial charge in [0.05, 0.1) is 25.4 Å². The third kappa shape index (κ3) is 33.5. The van der Waals surface area contributed by atoms with Crippen LogP contribution in [0.15, 0.2) is 72.9 Å². The second-order valence-electron chi connectivity index (χ2n) is 14.2. The first-order valence-corrected chi connectivity index (χ1v) is 23.0. The van der Waals surface area contributed by atoms with Gasteiger partial charge in [-0.3, -0.25) is 18.6 Å². The van der Waals surface area contributed by atoms with Crippen molar-refractivity contribution in [3.63, 3.8) is 0 Å². The van der Waals surface area contributed by atoms with Gasteiger partial charge in [0, 0.05) is 19.4 Å². The maximum Gasteiger partial charge on any atom is 0.472 e. The highest BCUT2D eigenvalue weighted by Gasteiger charge is 2.36. The summed E-state index contributed by atoms with van der Waals surface area (Å²) in [6.45, 7) is 3.50. The summed E-state index contributed by atoms with van der Waals surface area (Å²) in [5.41, 5.74) is 5.34. The van der Waals surface area contributed by atoms with Crippen molar-refractivity contribution in [3.05, 3.63) is 72.9 Å². The number of phosphoric ester groups is 1.